The maximum absolute atomic E-state index is 12.1. The van der Waals surface area contributed by atoms with Gasteiger partial charge in [-0.15, -0.1) is 0 Å². The van der Waals surface area contributed by atoms with E-state index in [0.29, 0.717) is 5.69 Å². The van der Waals surface area contributed by atoms with Gasteiger partial charge in [-0.1, -0.05) is 35.5 Å². The largest absolute Gasteiger partial charge is 0.338 e. The lowest BCUT2D eigenvalue weighted by Crippen LogP contribution is -2.11. The highest BCUT2D eigenvalue weighted by Gasteiger charge is 2.12. The Morgan fingerprint density at radius 2 is 1.78 bits per heavy atom. The summed E-state index contributed by atoms with van der Waals surface area (Å²) in [7, 11) is 0. The fraction of sp³-hybridized carbons (Fsp3) is 0. The van der Waals surface area contributed by atoms with Gasteiger partial charge in [0, 0.05) is 29.3 Å². The molecule has 114 valence electrons. The molecule has 1 heterocycles. The highest BCUT2D eigenvalue weighted by atomic mass is 16.6. The average molecular weight is 309 g/mol. The molecule has 1 N–H and O–H groups in total. The minimum atomic E-state index is -0.524. The van der Waals surface area contributed by atoms with Crippen LogP contribution >= 0.6 is 0 Å². The van der Waals surface area contributed by atoms with Crippen molar-refractivity contribution in [3.63, 3.8) is 0 Å². The third-order valence-corrected chi connectivity index (χ3v) is 3.16. The van der Waals surface area contributed by atoms with Crippen LogP contribution in [-0.4, -0.2) is 16.0 Å². The van der Waals surface area contributed by atoms with Crippen LogP contribution < -0.4 is 5.32 Å². The number of benzene rings is 2. The molecule has 0 bridgehead atoms. The monoisotopic (exact) mass is 309 g/mol. The maximum atomic E-state index is 12.1. The predicted molar refractivity (Wildman–Crippen MR) is 83.0 cm³/mol. The molecule has 0 saturated carbocycles. The van der Waals surface area contributed by atoms with E-state index in [9.17, 15) is 14.9 Å². The molecule has 3 aromatic rings. The lowest BCUT2D eigenvalue weighted by Gasteiger charge is -2.00. The predicted octanol–water partition coefficient (Wildman–Crippen LogP) is 3.50. The fourth-order valence-corrected chi connectivity index (χ4v) is 2.00. The Balaban J connectivity index is 1.73. The summed E-state index contributed by atoms with van der Waals surface area (Å²) < 4.78 is 5.08. The first-order valence-corrected chi connectivity index (χ1v) is 6.71. The Bertz CT molecular complexity index is 841. The van der Waals surface area contributed by atoms with Gasteiger partial charge in [-0.2, -0.15) is 0 Å². The summed E-state index contributed by atoms with van der Waals surface area (Å²) in [6.45, 7) is 0. The van der Waals surface area contributed by atoms with Gasteiger partial charge in [0.1, 0.15) is 5.69 Å². The van der Waals surface area contributed by atoms with E-state index in [1.807, 2.05) is 30.3 Å². The molecule has 0 radical (unpaired) electrons. The van der Waals surface area contributed by atoms with E-state index in [-0.39, 0.29) is 17.1 Å². The van der Waals surface area contributed by atoms with Crippen molar-refractivity contribution in [2.75, 3.05) is 5.32 Å². The quantitative estimate of drug-likeness (QED) is 0.587. The van der Waals surface area contributed by atoms with Gasteiger partial charge < -0.3 is 4.52 Å². The number of anilines is 1. The molecule has 0 saturated heterocycles. The van der Waals surface area contributed by atoms with E-state index in [0.717, 1.165) is 5.56 Å². The lowest BCUT2D eigenvalue weighted by molar-refractivity contribution is -0.384. The molecule has 1 amide bonds. The smallest absolute Gasteiger partial charge is 0.269 e. The van der Waals surface area contributed by atoms with Crippen LogP contribution in [0, 0.1) is 10.1 Å². The Morgan fingerprint density at radius 1 is 1.09 bits per heavy atom. The van der Waals surface area contributed by atoms with Crippen LogP contribution in [0.3, 0.4) is 0 Å². The average Bonchev–Trinajstić information content (AvgIpc) is 3.04. The molecule has 0 unspecified atom stereocenters. The summed E-state index contributed by atoms with van der Waals surface area (Å²) in [5.41, 5.74) is 1.68. The number of hydrogen-bond donors (Lipinski definition) is 1. The van der Waals surface area contributed by atoms with Crippen molar-refractivity contribution in [3.05, 3.63) is 76.3 Å². The van der Waals surface area contributed by atoms with Crippen LogP contribution in [0.25, 0.3) is 11.3 Å². The van der Waals surface area contributed by atoms with Gasteiger partial charge in [0.25, 0.3) is 11.6 Å². The second-order valence-electron chi connectivity index (χ2n) is 4.70. The fourth-order valence-electron chi connectivity index (χ4n) is 2.00. The molecule has 0 atom stereocenters. The molecule has 7 nitrogen and oxygen atoms in total. The number of nitrogens with one attached hydrogen (secondary N) is 1. The van der Waals surface area contributed by atoms with Crippen LogP contribution in [0.1, 0.15) is 10.4 Å². The molecule has 3 rings (SSSR count). The number of nitrogens with zero attached hydrogens (tertiary/aromatic N) is 2. The standard InChI is InChI=1S/C16H11N3O4/c20-16(12-6-8-13(9-7-12)19(21)22)17-15-10-14(18-23-15)11-4-2-1-3-5-11/h1-10H,(H,17,20). The van der Waals surface area contributed by atoms with Gasteiger partial charge in [0.2, 0.25) is 5.88 Å². The summed E-state index contributed by atoms with van der Waals surface area (Å²) in [5, 5.41) is 17.0. The number of nitro benzene ring substituents is 1. The van der Waals surface area contributed by atoms with Gasteiger partial charge in [-0.05, 0) is 12.1 Å². The molecule has 0 spiro atoms. The van der Waals surface area contributed by atoms with E-state index in [2.05, 4.69) is 10.5 Å². The van der Waals surface area contributed by atoms with Crippen LogP contribution in [0.15, 0.2) is 65.2 Å². The first-order chi connectivity index (χ1) is 11.1. The van der Waals surface area contributed by atoms with Gasteiger partial charge in [-0.25, -0.2) is 0 Å². The van der Waals surface area contributed by atoms with Crippen LogP contribution in [0.4, 0.5) is 11.6 Å². The van der Waals surface area contributed by atoms with E-state index in [1.54, 1.807) is 6.07 Å². The van der Waals surface area contributed by atoms with Crippen molar-refractivity contribution >= 4 is 17.5 Å². The van der Waals surface area contributed by atoms with Gasteiger partial charge in [-0.3, -0.25) is 20.2 Å². The Kier molecular flexibility index (Phi) is 3.84. The molecule has 2 aromatic carbocycles. The number of rotatable bonds is 4. The normalized spacial score (nSPS) is 10.3. The highest BCUT2D eigenvalue weighted by Crippen LogP contribution is 2.22. The lowest BCUT2D eigenvalue weighted by atomic mass is 10.1. The third-order valence-electron chi connectivity index (χ3n) is 3.16. The Morgan fingerprint density at radius 3 is 2.43 bits per heavy atom. The zero-order valence-corrected chi connectivity index (χ0v) is 11.8. The summed E-state index contributed by atoms with van der Waals surface area (Å²) in [4.78, 5) is 22.1. The van der Waals surface area contributed by atoms with Gasteiger partial charge in [0.15, 0.2) is 0 Å². The molecule has 0 aliphatic carbocycles. The number of aromatic nitrogens is 1. The van der Waals surface area contributed by atoms with Gasteiger partial charge in [0.05, 0.1) is 4.92 Å². The maximum Gasteiger partial charge on any atom is 0.269 e. The van der Waals surface area contributed by atoms with Gasteiger partial charge >= 0.3 is 0 Å². The first kappa shape index (κ1) is 14.5. The third kappa shape index (κ3) is 3.24. The number of carbonyl (C=O) groups excluding carboxylic acids is 1. The molecule has 0 fully saturated rings. The highest BCUT2D eigenvalue weighted by molar-refractivity contribution is 6.03. The van der Waals surface area contributed by atoms with Crippen LogP contribution in [0.2, 0.25) is 0 Å². The topological polar surface area (TPSA) is 98.3 Å². The van der Waals surface area contributed by atoms with E-state index in [4.69, 9.17) is 4.52 Å². The number of amides is 1. The number of hydrogen-bond acceptors (Lipinski definition) is 5. The molecule has 23 heavy (non-hydrogen) atoms. The van der Waals surface area contributed by atoms with E-state index in [1.165, 1.54) is 24.3 Å². The minimum absolute atomic E-state index is 0.0763. The van der Waals surface area contributed by atoms with Crippen molar-refractivity contribution in [2.45, 2.75) is 0 Å². The molecule has 0 aliphatic rings. The second kappa shape index (κ2) is 6.10. The van der Waals surface area contributed by atoms with Crippen LogP contribution in [0.5, 0.6) is 0 Å². The summed E-state index contributed by atoms with van der Waals surface area (Å²) >= 11 is 0. The number of carbonyl (C=O) groups is 1. The van der Waals surface area contributed by atoms with Crippen molar-refractivity contribution in [2.24, 2.45) is 0 Å². The van der Waals surface area contributed by atoms with Crippen molar-refractivity contribution in [1.82, 2.24) is 5.16 Å². The molecular weight excluding hydrogens is 298 g/mol. The SMILES string of the molecule is O=C(Nc1cc(-c2ccccc2)no1)c1ccc([N+](=O)[O-])cc1. The Hall–Kier alpha value is -3.48. The molecule has 0 aliphatic heterocycles. The first-order valence-electron chi connectivity index (χ1n) is 6.71. The summed E-state index contributed by atoms with van der Waals surface area (Å²) in [6, 6.07) is 16.3. The second-order valence-corrected chi connectivity index (χ2v) is 4.70. The van der Waals surface area contributed by atoms with Crippen molar-refractivity contribution in [3.8, 4) is 11.3 Å². The zero-order valence-electron chi connectivity index (χ0n) is 11.8. The van der Waals surface area contributed by atoms with E-state index >= 15 is 0 Å². The number of non-ortho nitro benzene ring substituents is 1. The number of nitro groups is 1. The summed E-state index contributed by atoms with van der Waals surface area (Å²) in [5.74, 6) is -0.233. The van der Waals surface area contributed by atoms with E-state index < -0.39 is 10.8 Å². The van der Waals surface area contributed by atoms with Crippen molar-refractivity contribution in [1.29, 1.82) is 0 Å². The van der Waals surface area contributed by atoms with Crippen LogP contribution in [-0.2, 0) is 0 Å². The Labute approximate surface area is 130 Å². The zero-order chi connectivity index (χ0) is 16.2. The minimum Gasteiger partial charge on any atom is -0.338 e. The molecule has 7 heteroatoms. The summed E-state index contributed by atoms with van der Waals surface area (Å²) in [6.07, 6.45) is 0. The molecule has 1 aromatic heterocycles. The molecular formula is C16H11N3O4. The van der Waals surface area contributed by atoms with Crippen molar-refractivity contribution < 1.29 is 14.2 Å².